The van der Waals surface area contributed by atoms with Crippen molar-refractivity contribution in [1.29, 1.82) is 0 Å². The van der Waals surface area contributed by atoms with Gasteiger partial charge in [0.05, 0.1) is 12.8 Å². The molecule has 0 spiro atoms. The highest BCUT2D eigenvalue weighted by Gasteiger charge is 2.04. The Bertz CT molecular complexity index is 548. The standard InChI is InChI=1S/C13H13ClN2OS/c1-17-11-2-3-12(15)13(7-11)18-8-10-6-9(14)4-5-16-10/h2-7H,8,15H2,1H3. The number of thioether (sulfide) groups is 1. The lowest BCUT2D eigenvalue weighted by molar-refractivity contribution is 0.414. The van der Waals surface area contributed by atoms with Gasteiger partial charge in [-0.15, -0.1) is 11.8 Å². The van der Waals surface area contributed by atoms with E-state index in [1.807, 2.05) is 24.3 Å². The molecule has 18 heavy (non-hydrogen) atoms. The smallest absolute Gasteiger partial charge is 0.120 e. The summed E-state index contributed by atoms with van der Waals surface area (Å²) >= 11 is 7.52. The molecule has 1 aromatic heterocycles. The topological polar surface area (TPSA) is 48.1 Å². The van der Waals surface area contributed by atoms with E-state index < -0.39 is 0 Å². The molecule has 3 nitrogen and oxygen atoms in total. The first kappa shape index (κ1) is 13.1. The summed E-state index contributed by atoms with van der Waals surface area (Å²) in [5.41, 5.74) is 7.58. The van der Waals surface area contributed by atoms with Gasteiger partial charge in [0, 0.05) is 27.6 Å². The molecule has 0 fully saturated rings. The Balaban J connectivity index is 2.10. The summed E-state index contributed by atoms with van der Waals surface area (Å²) in [6, 6.07) is 9.22. The Morgan fingerprint density at radius 1 is 1.33 bits per heavy atom. The van der Waals surface area contributed by atoms with Crippen molar-refractivity contribution in [3.63, 3.8) is 0 Å². The number of hydrogen-bond acceptors (Lipinski definition) is 4. The van der Waals surface area contributed by atoms with Gasteiger partial charge in [-0.25, -0.2) is 0 Å². The van der Waals surface area contributed by atoms with E-state index in [9.17, 15) is 0 Å². The maximum Gasteiger partial charge on any atom is 0.120 e. The molecule has 0 unspecified atom stereocenters. The summed E-state index contributed by atoms with van der Waals surface area (Å²) < 4.78 is 5.18. The van der Waals surface area contributed by atoms with Gasteiger partial charge in [-0.2, -0.15) is 0 Å². The summed E-state index contributed by atoms with van der Waals surface area (Å²) in [4.78, 5) is 5.23. The second-order valence-electron chi connectivity index (χ2n) is 3.66. The summed E-state index contributed by atoms with van der Waals surface area (Å²) in [5.74, 6) is 1.52. The third-order valence-corrected chi connectivity index (χ3v) is 3.71. The molecule has 0 saturated carbocycles. The third-order valence-electron chi connectivity index (χ3n) is 2.37. The minimum atomic E-state index is 0.694. The first-order valence-corrected chi connectivity index (χ1v) is 6.72. The molecule has 0 aliphatic rings. The Morgan fingerprint density at radius 2 is 2.17 bits per heavy atom. The van der Waals surface area contributed by atoms with Crippen LogP contribution in [0.3, 0.4) is 0 Å². The fourth-order valence-electron chi connectivity index (χ4n) is 1.45. The molecule has 0 bridgehead atoms. The van der Waals surface area contributed by atoms with E-state index in [0.29, 0.717) is 5.02 Å². The van der Waals surface area contributed by atoms with Crippen molar-refractivity contribution in [1.82, 2.24) is 4.98 Å². The van der Waals surface area contributed by atoms with E-state index >= 15 is 0 Å². The summed E-state index contributed by atoms with van der Waals surface area (Å²) in [7, 11) is 1.64. The number of rotatable bonds is 4. The first-order chi connectivity index (χ1) is 8.69. The quantitative estimate of drug-likeness (QED) is 0.686. The Hall–Kier alpha value is -1.39. The van der Waals surface area contributed by atoms with Crippen molar-refractivity contribution in [3.05, 3.63) is 47.2 Å². The molecular formula is C13H13ClN2OS. The SMILES string of the molecule is COc1ccc(N)c(SCc2cc(Cl)ccn2)c1. The highest BCUT2D eigenvalue weighted by Crippen LogP contribution is 2.31. The molecule has 2 N–H and O–H groups in total. The number of aromatic nitrogens is 1. The van der Waals surface area contributed by atoms with E-state index in [1.54, 1.807) is 31.1 Å². The highest BCUT2D eigenvalue weighted by molar-refractivity contribution is 7.98. The van der Waals surface area contributed by atoms with Crippen molar-refractivity contribution in [3.8, 4) is 5.75 Å². The van der Waals surface area contributed by atoms with Gasteiger partial charge in [0.15, 0.2) is 0 Å². The largest absolute Gasteiger partial charge is 0.497 e. The Kier molecular flexibility index (Phi) is 4.33. The van der Waals surface area contributed by atoms with Crippen LogP contribution in [0.5, 0.6) is 5.75 Å². The van der Waals surface area contributed by atoms with Crippen LogP contribution in [-0.2, 0) is 5.75 Å². The van der Waals surface area contributed by atoms with E-state index in [2.05, 4.69) is 4.98 Å². The van der Waals surface area contributed by atoms with Crippen LogP contribution in [0.4, 0.5) is 5.69 Å². The molecule has 2 aromatic rings. The van der Waals surface area contributed by atoms with Crippen LogP contribution in [0.15, 0.2) is 41.4 Å². The number of benzene rings is 1. The second kappa shape index (κ2) is 5.98. The summed E-state index contributed by atoms with van der Waals surface area (Å²) in [5, 5.41) is 0.694. The molecule has 0 radical (unpaired) electrons. The molecule has 1 heterocycles. The normalized spacial score (nSPS) is 10.3. The minimum Gasteiger partial charge on any atom is -0.497 e. The fourth-order valence-corrected chi connectivity index (χ4v) is 2.52. The summed E-state index contributed by atoms with van der Waals surface area (Å²) in [6.45, 7) is 0. The van der Waals surface area contributed by atoms with Gasteiger partial charge in [0.1, 0.15) is 5.75 Å². The molecule has 94 valence electrons. The number of ether oxygens (including phenoxy) is 1. The number of anilines is 1. The van der Waals surface area contributed by atoms with Crippen LogP contribution in [-0.4, -0.2) is 12.1 Å². The highest BCUT2D eigenvalue weighted by atomic mass is 35.5. The van der Waals surface area contributed by atoms with Crippen LogP contribution < -0.4 is 10.5 Å². The number of methoxy groups -OCH3 is 1. The second-order valence-corrected chi connectivity index (χ2v) is 5.11. The van der Waals surface area contributed by atoms with E-state index in [4.69, 9.17) is 22.1 Å². The van der Waals surface area contributed by atoms with Gasteiger partial charge in [-0.05, 0) is 30.3 Å². The van der Waals surface area contributed by atoms with Crippen molar-refractivity contribution in [2.75, 3.05) is 12.8 Å². The molecule has 1 aromatic carbocycles. The molecule has 5 heteroatoms. The van der Waals surface area contributed by atoms with Crippen LogP contribution in [0.2, 0.25) is 5.02 Å². The molecular weight excluding hydrogens is 268 g/mol. The number of nitrogen functional groups attached to an aromatic ring is 1. The lowest BCUT2D eigenvalue weighted by atomic mass is 10.3. The van der Waals surface area contributed by atoms with Gasteiger partial charge >= 0.3 is 0 Å². The molecule has 2 rings (SSSR count). The van der Waals surface area contributed by atoms with Gasteiger partial charge < -0.3 is 10.5 Å². The van der Waals surface area contributed by atoms with Crippen molar-refractivity contribution >= 4 is 29.1 Å². The van der Waals surface area contributed by atoms with Gasteiger partial charge in [0.25, 0.3) is 0 Å². The average molecular weight is 281 g/mol. The van der Waals surface area contributed by atoms with Crippen LogP contribution in [0.1, 0.15) is 5.69 Å². The third kappa shape index (κ3) is 3.31. The maximum absolute atomic E-state index is 5.92. The van der Waals surface area contributed by atoms with Gasteiger partial charge in [0.2, 0.25) is 0 Å². The number of nitrogens with two attached hydrogens (primary N) is 1. The number of nitrogens with zero attached hydrogens (tertiary/aromatic N) is 1. The van der Waals surface area contributed by atoms with Crippen LogP contribution in [0.25, 0.3) is 0 Å². The van der Waals surface area contributed by atoms with Gasteiger partial charge in [-0.1, -0.05) is 11.6 Å². The maximum atomic E-state index is 5.92. The van der Waals surface area contributed by atoms with Gasteiger partial charge in [-0.3, -0.25) is 4.98 Å². The molecule has 0 amide bonds. The van der Waals surface area contributed by atoms with E-state index in [0.717, 1.165) is 27.8 Å². The van der Waals surface area contributed by atoms with Crippen molar-refractivity contribution in [2.45, 2.75) is 10.6 Å². The molecule has 0 atom stereocenters. The predicted molar refractivity (Wildman–Crippen MR) is 76.2 cm³/mol. The number of halogens is 1. The van der Waals surface area contributed by atoms with Crippen LogP contribution >= 0.6 is 23.4 Å². The fraction of sp³-hybridized carbons (Fsp3) is 0.154. The minimum absolute atomic E-state index is 0.694. The zero-order valence-corrected chi connectivity index (χ0v) is 11.5. The molecule has 0 aliphatic heterocycles. The summed E-state index contributed by atoms with van der Waals surface area (Å²) in [6.07, 6.45) is 1.70. The predicted octanol–water partition coefficient (Wildman–Crippen LogP) is 3.62. The molecule has 0 saturated heterocycles. The van der Waals surface area contributed by atoms with Crippen LogP contribution in [0, 0.1) is 0 Å². The number of pyridine rings is 1. The Morgan fingerprint density at radius 3 is 2.89 bits per heavy atom. The zero-order valence-electron chi connectivity index (χ0n) is 9.89. The lowest BCUT2D eigenvalue weighted by Crippen LogP contribution is -1.92. The Labute approximate surface area is 115 Å². The lowest BCUT2D eigenvalue weighted by Gasteiger charge is -2.07. The monoisotopic (exact) mass is 280 g/mol. The van der Waals surface area contributed by atoms with Crippen molar-refractivity contribution < 1.29 is 4.74 Å². The van der Waals surface area contributed by atoms with E-state index in [1.165, 1.54) is 0 Å². The van der Waals surface area contributed by atoms with E-state index in [-0.39, 0.29) is 0 Å². The first-order valence-electron chi connectivity index (χ1n) is 5.36. The molecule has 0 aliphatic carbocycles. The number of hydrogen-bond donors (Lipinski definition) is 1. The average Bonchev–Trinajstić information content (AvgIpc) is 2.38. The van der Waals surface area contributed by atoms with Crippen molar-refractivity contribution in [2.24, 2.45) is 0 Å². The zero-order chi connectivity index (χ0) is 13.0.